The van der Waals surface area contributed by atoms with Crippen LogP contribution in [-0.2, 0) is 27.3 Å². The molecule has 0 aliphatic carbocycles. The average molecular weight is 620 g/mol. The van der Waals surface area contributed by atoms with E-state index in [-0.39, 0.29) is 41.1 Å². The standard InChI is InChI=1S/C33H39F2N7O3/c1-18(2)42-19(3)37-29-22(34)13-21(14-25(29)42)28-23(35)16-36-31(40-28)39-26-10-9-20-17-41(12-11-24(20)38-26)30(44)33(7,8)15-27(43)45-32(4,5)6/h9-10,13-14,16,18H,11-12,15,17H2,1-8H3,(H,36,38,39,40). The van der Waals surface area contributed by atoms with Crippen LogP contribution in [0.4, 0.5) is 20.5 Å². The first-order valence-corrected chi connectivity index (χ1v) is 15.0. The summed E-state index contributed by atoms with van der Waals surface area (Å²) in [4.78, 5) is 45.0. The van der Waals surface area contributed by atoms with Crippen molar-refractivity contribution in [1.82, 2.24) is 29.4 Å². The van der Waals surface area contributed by atoms with Gasteiger partial charge in [0.2, 0.25) is 11.9 Å². The lowest BCUT2D eigenvalue weighted by Crippen LogP contribution is -2.45. The van der Waals surface area contributed by atoms with Gasteiger partial charge in [-0.25, -0.2) is 28.7 Å². The largest absolute Gasteiger partial charge is 0.460 e. The first-order chi connectivity index (χ1) is 21.0. The molecule has 5 rings (SSSR count). The summed E-state index contributed by atoms with van der Waals surface area (Å²) >= 11 is 0. The van der Waals surface area contributed by atoms with E-state index in [2.05, 4.69) is 20.3 Å². The number of aryl methyl sites for hydroxylation is 1. The summed E-state index contributed by atoms with van der Waals surface area (Å²) in [6, 6.07) is 6.55. The van der Waals surface area contributed by atoms with Crippen LogP contribution in [0.25, 0.3) is 22.3 Å². The van der Waals surface area contributed by atoms with E-state index in [0.29, 0.717) is 36.7 Å². The molecule has 0 bridgehead atoms. The molecule has 0 saturated carbocycles. The molecule has 4 heterocycles. The van der Waals surface area contributed by atoms with E-state index in [1.54, 1.807) is 58.6 Å². The lowest BCUT2D eigenvalue weighted by molar-refractivity contribution is -0.161. The molecule has 4 aromatic rings. The molecule has 1 aromatic carbocycles. The zero-order valence-corrected chi connectivity index (χ0v) is 27.0. The van der Waals surface area contributed by atoms with Gasteiger partial charge in [-0.1, -0.05) is 19.9 Å². The van der Waals surface area contributed by atoms with Crippen molar-refractivity contribution in [2.24, 2.45) is 5.41 Å². The Morgan fingerprint density at radius 3 is 2.47 bits per heavy atom. The number of amides is 1. The molecule has 10 nitrogen and oxygen atoms in total. The SMILES string of the molecule is Cc1nc2c(F)cc(-c3nc(Nc4ccc5c(n4)CCN(C(=O)C(C)(C)CC(=O)OC(C)(C)C)C5)ncc3F)cc2n1C(C)C. The minimum atomic E-state index is -0.924. The molecule has 45 heavy (non-hydrogen) atoms. The highest BCUT2D eigenvalue weighted by Gasteiger charge is 2.37. The minimum Gasteiger partial charge on any atom is -0.460 e. The third-order valence-corrected chi connectivity index (χ3v) is 7.62. The molecule has 3 aromatic heterocycles. The summed E-state index contributed by atoms with van der Waals surface area (Å²) in [7, 11) is 0. The topological polar surface area (TPSA) is 115 Å². The molecule has 0 fully saturated rings. The molecule has 1 N–H and O–H groups in total. The van der Waals surface area contributed by atoms with Gasteiger partial charge in [0.15, 0.2) is 11.6 Å². The van der Waals surface area contributed by atoms with Gasteiger partial charge in [0.1, 0.15) is 28.5 Å². The Morgan fingerprint density at radius 1 is 1.04 bits per heavy atom. The molecule has 0 saturated heterocycles. The number of esters is 1. The Balaban J connectivity index is 1.33. The molecule has 0 radical (unpaired) electrons. The van der Waals surface area contributed by atoms with Crippen LogP contribution < -0.4 is 5.32 Å². The number of hydrogen-bond acceptors (Lipinski definition) is 8. The number of ether oxygens (including phenoxy) is 1. The Kier molecular flexibility index (Phi) is 8.37. The van der Waals surface area contributed by atoms with E-state index in [4.69, 9.17) is 9.72 Å². The van der Waals surface area contributed by atoms with Crippen molar-refractivity contribution in [3.63, 3.8) is 0 Å². The second kappa shape index (κ2) is 11.8. The third kappa shape index (κ3) is 6.79. The van der Waals surface area contributed by atoms with Crippen molar-refractivity contribution in [2.45, 2.75) is 86.4 Å². The molecule has 238 valence electrons. The van der Waals surface area contributed by atoms with Crippen LogP contribution in [0.5, 0.6) is 0 Å². The maximum absolute atomic E-state index is 15.1. The van der Waals surface area contributed by atoms with Crippen LogP contribution >= 0.6 is 0 Å². The fraction of sp³-hybridized carbons (Fsp3) is 0.455. The first-order valence-electron chi connectivity index (χ1n) is 15.0. The molecule has 1 aliphatic rings. The van der Waals surface area contributed by atoms with Gasteiger partial charge in [-0.15, -0.1) is 0 Å². The average Bonchev–Trinajstić information content (AvgIpc) is 3.28. The number of fused-ring (bicyclic) bond motifs is 2. The maximum atomic E-state index is 15.1. The molecule has 1 aliphatic heterocycles. The Morgan fingerprint density at radius 2 is 1.78 bits per heavy atom. The van der Waals surface area contributed by atoms with Crippen molar-refractivity contribution in [3.8, 4) is 11.3 Å². The second-order valence-corrected chi connectivity index (χ2v) is 13.4. The fourth-order valence-corrected chi connectivity index (χ4v) is 5.70. The fourth-order valence-electron chi connectivity index (χ4n) is 5.70. The number of nitrogens with zero attached hydrogens (tertiary/aromatic N) is 6. The maximum Gasteiger partial charge on any atom is 0.307 e. The summed E-state index contributed by atoms with van der Waals surface area (Å²) in [5.74, 6) is -0.577. The number of carbonyl (C=O) groups excluding carboxylic acids is 2. The highest BCUT2D eigenvalue weighted by atomic mass is 19.1. The molecule has 0 spiro atoms. The molecule has 0 atom stereocenters. The predicted molar refractivity (Wildman–Crippen MR) is 167 cm³/mol. The quantitative estimate of drug-likeness (QED) is 0.235. The van der Waals surface area contributed by atoms with Crippen molar-refractivity contribution < 1.29 is 23.1 Å². The summed E-state index contributed by atoms with van der Waals surface area (Å²) in [5, 5.41) is 3.03. The van der Waals surface area contributed by atoms with Gasteiger partial charge in [0.25, 0.3) is 0 Å². The molecule has 12 heteroatoms. The normalized spacial score (nSPS) is 13.7. The smallest absolute Gasteiger partial charge is 0.307 e. The van der Waals surface area contributed by atoms with Crippen LogP contribution in [0.1, 0.15) is 78.0 Å². The van der Waals surface area contributed by atoms with E-state index in [0.717, 1.165) is 17.5 Å². The number of anilines is 2. The molecule has 1 amide bonds. The molecular weight excluding hydrogens is 580 g/mol. The lowest BCUT2D eigenvalue weighted by Gasteiger charge is -2.35. The van der Waals surface area contributed by atoms with Crippen molar-refractivity contribution in [1.29, 1.82) is 0 Å². The van der Waals surface area contributed by atoms with Crippen LogP contribution in [0.3, 0.4) is 0 Å². The van der Waals surface area contributed by atoms with Gasteiger partial charge in [-0.05, 0) is 65.3 Å². The molecule has 0 unspecified atom stereocenters. The summed E-state index contributed by atoms with van der Waals surface area (Å²) in [5.41, 5.74) is 1.14. The Hall–Kier alpha value is -4.48. The zero-order chi connectivity index (χ0) is 32.8. The first kappa shape index (κ1) is 31.9. The van der Waals surface area contributed by atoms with Crippen LogP contribution in [0, 0.1) is 24.0 Å². The number of nitrogens with one attached hydrogen (secondary N) is 1. The van der Waals surface area contributed by atoms with Gasteiger partial charge >= 0.3 is 5.97 Å². The predicted octanol–water partition coefficient (Wildman–Crippen LogP) is 6.44. The van der Waals surface area contributed by atoms with Gasteiger partial charge in [-0.2, -0.15) is 0 Å². The summed E-state index contributed by atoms with van der Waals surface area (Å²) in [6.45, 7) is 15.4. The van der Waals surface area contributed by atoms with Gasteiger partial charge in [0, 0.05) is 36.8 Å². The van der Waals surface area contributed by atoms with Crippen molar-refractivity contribution >= 4 is 34.7 Å². The highest BCUT2D eigenvalue weighted by molar-refractivity contribution is 5.87. The van der Waals surface area contributed by atoms with E-state index in [9.17, 15) is 14.0 Å². The van der Waals surface area contributed by atoms with E-state index < -0.39 is 28.6 Å². The van der Waals surface area contributed by atoms with E-state index >= 15 is 4.39 Å². The Labute approximate surface area is 261 Å². The van der Waals surface area contributed by atoms with Crippen LogP contribution in [-0.4, -0.2) is 53.4 Å². The number of imidazole rings is 1. The molecular formula is C33H39F2N7O3. The number of benzene rings is 1. The number of carbonyl (C=O) groups is 2. The summed E-state index contributed by atoms with van der Waals surface area (Å²) < 4.78 is 37.4. The van der Waals surface area contributed by atoms with Gasteiger partial charge in [-0.3, -0.25) is 9.59 Å². The number of aromatic nitrogens is 5. The zero-order valence-electron chi connectivity index (χ0n) is 27.0. The van der Waals surface area contributed by atoms with E-state index in [1.165, 1.54) is 6.07 Å². The van der Waals surface area contributed by atoms with Crippen LogP contribution in [0.15, 0.2) is 30.5 Å². The van der Waals surface area contributed by atoms with Crippen molar-refractivity contribution in [3.05, 3.63) is 59.2 Å². The minimum absolute atomic E-state index is 0.0191. The number of hydrogen-bond donors (Lipinski definition) is 1. The summed E-state index contributed by atoms with van der Waals surface area (Å²) in [6.07, 6.45) is 1.53. The third-order valence-electron chi connectivity index (χ3n) is 7.62. The number of rotatable bonds is 7. The van der Waals surface area contributed by atoms with Crippen LogP contribution in [0.2, 0.25) is 0 Å². The van der Waals surface area contributed by atoms with E-state index in [1.807, 2.05) is 24.5 Å². The monoisotopic (exact) mass is 619 g/mol. The van der Waals surface area contributed by atoms with Gasteiger partial charge in [0.05, 0.1) is 23.5 Å². The second-order valence-electron chi connectivity index (χ2n) is 13.4. The Bertz CT molecular complexity index is 1790. The number of pyridine rings is 1. The highest BCUT2D eigenvalue weighted by Crippen LogP contribution is 2.32. The van der Waals surface area contributed by atoms with Gasteiger partial charge < -0.3 is 19.5 Å². The number of halogens is 2. The lowest BCUT2D eigenvalue weighted by atomic mass is 9.86. The van der Waals surface area contributed by atoms with Crippen molar-refractivity contribution in [2.75, 3.05) is 11.9 Å².